The second kappa shape index (κ2) is 5.95. The first-order valence-corrected chi connectivity index (χ1v) is 6.62. The van der Waals surface area contributed by atoms with E-state index < -0.39 is 12.0 Å². The summed E-state index contributed by atoms with van der Waals surface area (Å²) in [6.07, 6.45) is 0. The van der Waals surface area contributed by atoms with Gasteiger partial charge in [-0.3, -0.25) is 4.90 Å². The number of nitrogens with one attached hydrogen (secondary N) is 1. The highest BCUT2D eigenvalue weighted by atomic mass is 19.1. The van der Waals surface area contributed by atoms with Crippen molar-refractivity contribution in [2.75, 3.05) is 13.7 Å². The molecule has 0 aliphatic carbocycles. The fraction of sp³-hybridized carbons (Fsp3) is 0.333. The van der Waals surface area contributed by atoms with Gasteiger partial charge in [0.1, 0.15) is 5.82 Å². The number of carbonyl (C=O) groups excluding carboxylic acids is 2. The number of amides is 2. The molecule has 1 aliphatic rings. The lowest BCUT2D eigenvalue weighted by atomic mass is 9.95. The van der Waals surface area contributed by atoms with Crippen molar-refractivity contribution in [1.82, 2.24) is 10.2 Å². The number of methoxy groups -OCH3 is 1. The molecule has 0 fully saturated rings. The SMILES string of the molecule is CCN1C(=O)N[C@H](c2ccc(F)cc2)C(C(=O)OC)=C1C. The minimum absolute atomic E-state index is 0.294. The van der Waals surface area contributed by atoms with Crippen LogP contribution in [0.25, 0.3) is 0 Å². The molecular weight excluding hydrogens is 275 g/mol. The molecule has 0 unspecified atom stereocenters. The largest absolute Gasteiger partial charge is 0.466 e. The quantitative estimate of drug-likeness (QED) is 0.870. The van der Waals surface area contributed by atoms with Crippen LogP contribution in [-0.4, -0.2) is 30.6 Å². The first-order chi connectivity index (χ1) is 9.99. The van der Waals surface area contributed by atoms with Gasteiger partial charge in [0.25, 0.3) is 0 Å². The lowest BCUT2D eigenvalue weighted by molar-refractivity contribution is -0.136. The summed E-state index contributed by atoms with van der Waals surface area (Å²) in [4.78, 5) is 25.6. The van der Waals surface area contributed by atoms with Gasteiger partial charge in [-0.05, 0) is 31.5 Å². The van der Waals surface area contributed by atoms with Crippen molar-refractivity contribution in [1.29, 1.82) is 0 Å². The molecule has 2 rings (SSSR count). The number of benzene rings is 1. The average molecular weight is 292 g/mol. The fourth-order valence-electron chi connectivity index (χ4n) is 2.44. The maximum absolute atomic E-state index is 13.0. The van der Waals surface area contributed by atoms with Crippen LogP contribution < -0.4 is 5.32 Å². The molecule has 1 heterocycles. The van der Waals surface area contributed by atoms with E-state index in [1.807, 2.05) is 6.92 Å². The van der Waals surface area contributed by atoms with E-state index >= 15 is 0 Å². The molecule has 0 bridgehead atoms. The molecule has 1 aromatic carbocycles. The van der Waals surface area contributed by atoms with E-state index in [-0.39, 0.29) is 11.8 Å². The van der Waals surface area contributed by atoms with Crippen molar-refractivity contribution >= 4 is 12.0 Å². The van der Waals surface area contributed by atoms with Gasteiger partial charge in [0, 0.05) is 12.2 Å². The third kappa shape index (κ3) is 2.74. The summed E-state index contributed by atoms with van der Waals surface area (Å²) in [5.74, 6) is -0.892. The van der Waals surface area contributed by atoms with Gasteiger partial charge >= 0.3 is 12.0 Å². The number of hydrogen-bond acceptors (Lipinski definition) is 3. The molecule has 0 radical (unpaired) electrons. The number of hydrogen-bond donors (Lipinski definition) is 1. The van der Waals surface area contributed by atoms with Gasteiger partial charge < -0.3 is 10.1 Å². The Kier molecular flexibility index (Phi) is 4.26. The van der Waals surface area contributed by atoms with E-state index in [1.165, 1.54) is 36.3 Å². The highest BCUT2D eigenvalue weighted by Gasteiger charge is 2.35. The van der Waals surface area contributed by atoms with Gasteiger partial charge in [-0.25, -0.2) is 14.0 Å². The van der Waals surface area contributed by atoms with Crippen molar-refractivity contribution < 1.29 is 18.7 Å². The first-order valence-electron chi connectivity index (χ1n) is 6.62. The number of rotatable bonds is 3. The molecule has 2 amide bonds. The minimum Gasteiger partial charge on any atom is -0.466 e. The smallest absolute Gasteiger partial charge is 0.337 e. The third-order valence-electron chi connectivity index (χ3n) is 3.52. The Morgan fingerprint density at radius 3 is 2.52 bits per heavy atom. The number of allylic oxidation sites excluding steroid dienone is 1. The van der Waals surface area contributed by atoms with Gasteiger partial charge in [-0.2, -0.15) is 0 Å². The monoisotopic (exact) mass is 292 g/mol. The molecule has 1 atom stereocenters. The van der Waals surface area contributed by atoms with Crippen LogP contribution in [0.4, 0.5) is 9.18 Å². The number of nitrogens with zero attached hydrogens (tertiary/aromatic N) is 1. The Morgan fingerprint density at radius 2 is 2.00 bits per heavy atom. The van der Waals surface area contributed by atoms with Crippen molar-refractivity contribution in [3.8, 4) is 0 Å². The second-order valence-electron chi connectivity index (χ2n) is 4.67. The summed E-state index contributed by atoms with van der Waals surface area (Å²) in [6.45, 7) is 3.95. The average Bonchev–Trinajstić information content (AvgIpc) is 2.47. The molecule has 6 heteroatoms. The summed E-state index contributed by atoms with van der Waals surface area (Å²) in [5, 5.41) is 2.75. The Balaban J connectivity index is 2.52. The number of ether oxygens (including phenoxy) is 1. The van der Waals surface area contributed by atoms with Crippen LogP contribution in [0, 0.1) is 5.82 Å². The maximum Gasteiger partial charge on any atom is 0.337 e. The molecular formula is C15H17FN2O3. The highest BCUT2D eigenvalue weighted by Crippen LogP contribution is 2.31. The maximum atomic E-state index is 13.0. The van der Waals surface area contributed by atoms with Gasteiger partial charge in [0.05, 0.1) is 18.7 Å². The summed E-state index contributed by atoms with van der Waals surface area (Å²) >= 11 is 0. The zero-order valence-electron chi connectivity index (χ0n) is 12.1. The van der Waals surface area contributed by atoms with Crippen molar-refractivity contribution in [2.45, 2.75) is 19.9 Å². The van der Waals surface area contributed by atoms with E-state index in [9.17, 15) is 14.0 Å². The van der Waals surface area contributed by atoms with Gasteiger partial charge in [0.15, 0.2) is 0 Å². The van der Waals surface area contributed by atoms with E-state index in [4.69, 9.17) is 4.74 Å². The van der Waals surface area contributed by atoms with E-state index in [1.54, 1.807) is 6.92 Å². The van der Waals surface area contributed by atoms with Crippen LogP contribution >= 0.6 is 0 Å². The fourth-order valence-corrected chi connectivity index (χ4v) is 2.44. The van der Waals surface area contributed by atoms with Gasteiger partial charge in [0.2, 0.25) is 0 Å². The summed E-state index contributed by atoms with van der Waals surface area (Å²) in [7, 11) is 1.29. The predicted octanol–water partition coefficient (Wildman–Crippen LogP) is 2.36. The zero-order chi connectivity index (χ0) is 15.6. The second-order valence-corrected chi connectivity index (χ2v) is 4.67. The van der Waals surface area contributed by atoms with Crippen LogP contribution in [-0.2, 0) is 9.53 Å². The number of urea groups is 1. The van der Waals surface area contributed by atoms with Crippen molar-refractivity contribution in [2.24, 2.45) is 0 Å². The Hall–Kier alpha value is -2.37. The van der Waals surface area contributed by atoms with E-state index in [0.717, 1.165) is 0 Å². The number of halogens is 1. The third-order valence-corrected chi connectivity index (χ3v) is 3.52. The molecule has 112 valence electrons. The van der Waals surface area contributed by atoms with Crippen molar-refractivity contribution in [3.63, 3.8) is 0 Å². The molecule has 0 spiro atoms. The molecule has 1 aliphatic heterocycles. The summed E-state index contributed by atoms with van der Waals surface area (Å²) in [5.41, 5.74) is 1.52. The van der Waals surface area contributed by atoms with Crippen molar-refractivity contribution in [3.05, 3.63) is 46.9 Å². The first kappa shape index (κ1) is 15.0. The highest BCUT2D eigenvalue weighted by molar-refractivity contribution is 5.94. The minimum atomic E-state index is -0.645. The topological polar surface area (TPSA) is 58.6 Å². The predicted molar refractivity (Wildman–Crippen MR) is 74.8 cm³/mol. The number of esters is 1. The molecule has 21 heavy (non-hydrogen) atoms. The summed E-state index contributed by atoms with van der Waals surface area (Å²) in [6, 6.07) is 4.72. The Bertz CT molecular complexity index is 595. The zero-order valence-corrected chi connectivity index (χ0v) is 12.1. The summed E-state index contributed by atoms with van der Waals surface area (Å²) < 4.78 is 17.9. The van der Waals surface area contributed by atoms with Gasteiger partial charge in [-0.15, -0.1) is 0 Å². The lowest BCUT2D eigenvalue weighted by Gasteiger charge is -2.34. The van der Waals surface area contributed by atoms with E-state index in [0.29, 0.717) is 23.4 Å². The van der Waals surface area contributed by atoms with Crippen LogP contribution in [0.1, 0.15) is 25.5 Å². The lowest BCUT2D eigenvalue weighted by Crippen LogP contribution is -2.47. The van der Waals surface area contributed by atoms with E-state index in [2.05, 4.69) is 5.32 Å². The van der Waals surface area contributed by atoms with Crippen LogP contribution in [0.15, 0.2) is 35.5 Å². The van der Waals surface area contributed by atoms with Crippen LogP contribution in [0.3, 0.4) is 0 Å². The molecule has 0 saturated carbocycles. The molecule has 5 nitrogen and oxygen atoms in total. The molecule has 1 N–H and O–H groups in total. The molecule has 0 aromatic heterocycles. The number of carbonyl (C=O) groups is 2. The van der Waals surface area contributed by atoms with Crippen LogP contribution in [0.5, 0.6) is 0 Å². The Morgan fingerprint density at radius 1 is 1.38 bits per heavy atom. The molecule has 0 saturated heterocycles. The van der Waals surface area contributed by atoms with Gasteiger partial charge in [-0.1, -0.05) is 12.1 Å². The molecule has 1 aromatic rings. The normalized spacial score (nSPS) is 18.6. The van der Waals surface area contributed by atoms with Crippen LogP contribution in [0.2, 0.25) is 0 Å². The standard InChI is InChI=1S/C15H17FN2O3/c1-4-18-9(2)12(14(19)21-3)13(17-15(18)20)10-5-7-11(16)8-6-10/h5-8,13H,4H2,1-3H3,(H,17,20)/t13-/m1/s1. The Labute approximate surface area is 122 Å².